The van der Waals surface area contributed by atoms with Gasteiger partial charge in [0.05, 0.1) is 5.60 Å². The Morgan fingerprint density at radius 1 is 1.32 bits per heavy atom. The summed E-state index contributed by atoms with van der Waals surface area (Å²) in [4.78, 5) is 12.2. The molecule has 1 aromatic carbocycles. The van der Waals surface area contributed by atoms with Crippen molar-refractivity contribution in [1.29, 1.82) is 0 Å². The first kappa shape index (κ1) is 16.1. The second-order valence-electron chi connectivity index (χ2n) is 5.39. The Labute approximate surface area is 119 Å². The number of aryl methyl sites for hydroxylation is 3. The summed E-state index contributed by atoms with van der Waals surface area (Å²) in [5.74, 6) is 0.482. The monoisotopic (exact) mass is 281 g/mol. The zero-order chi connectivity index (χ0) is 14.6. The van der Waals surface area contributed by atoms with Gasteiger partial charge in [0.15, 0.2) is 0 Å². The van der Waals surface area contributed by atoms with E-state index in [4.69, 9.17) is 0 Å². The number of aliphatic hydroxyl groups is 1. The van der Waals surface area contributed by atoms with Crippen LogP contribution < -0.4 is 5.32 Å². The highest BCUT2D eigenvalue weighted by Gasteiger charge is 2.21. The number of carbonyl (C=O) groups excluding carboxylic acids is 1. The Morgan fingerprint density at radius 2 is 1.84 bits per heavy atom. The van der Waals surface area contributed by atoms with Crippen LogP contribution in [-0.4, -0.2) is 35.2 Å². The second-order valence-corrected chi connectivity index (χ2v) is 6.25. The van der Waals surface area contributed by atoms with Gasteiger partial charge in [0.1, 0.15) is 0 Å². The summed E-state index contributed by atoms with van der Waals surface area (Å²) in [6.45, 7) is 7.90. The van der Waals surface area contributed by atoms with E-state index in [0.29, 0.717) is 11.3 Å². The van der Waals surface area contributed by atoms with E-state index < -0.39 is 5.60 Å². The van der Waals surface area contributed by atoms with Gasteiger partial charge in [-0.15, -0.1) is 0 Å². The lowest BCUT2D eigenvalue weighted by atomic mass is 9.99. The molecule has 0 aliphatic rings. The largest absolute Gasteiger partial charge is 0.387 e. The van der Waals surface area contributed by atoms with Crippen molar-refractivity contribution in [1.82, 2.24) is 5.32 Å². The van der Waals surface area contributed by atoms with E-state index in [-0.39, 0.29) is 12.5 Å². The molecule has 0 aliphatic heterocycles. The number of hydrogen-bond donors (Lipinski definition) is 2. The van der Waals surface area contributed by atoms with Crippen LogP contribution >= 0.6 is 11.8 Å². The third-order valence-electron chi connectivity index (χ3n) is 2.99. The van der Waals surface area contributed by atoms with E-state index in [2.05, 4.69) is 5.32 Å². The van der Waals surface area contributed by atoms with Crippen LogP contribution in [0.5, 0.6) is 0 Å². The molecule has 3 nitrogen and oxygen atoms in total. The molecular formula is C15H23NO2S. The van der Waals surface area contributed by atoms with Crippen LogP contribution in [0.4, 0.5) is 0 Å². The molecule has 19 heavy (non-hydrogen) atoms. The molecule has 0 fully saturated rings. The number of rotatable bonds is 5. The Kier molecular flexibility index (Phi) is 5.44. The van der Waals surface area contributed by atoms with Gasteiger partial charge >= 0.3 is 0 Å². The smallest absolute Gasteiger partial charge is 0.251 e. The van der Waals surface area contributed by atoms with Gasteiger partial charge in [0, 0.05) is 17.9 Å². The van der Waals surface area contributed by atoms with Gasteiger partial charge in [-0.1, -0.05) is 17.7 Å². The van der Waals surface area contributed by atoms with Crippen LogP contribution in [0.1, 0.15) is 34.0 Å². The summed E-state index contributed by atoms with van der Waals surface area (Å²) in [6.07, 6.45) is 1.94. The molecule has 0 spiro atoms. The lowest BCUT2D eigenvalue weighted by Crippen LogP contribution is -2.42. The lowest BCUT2D eigenvalue weighted by molar-refractivity contribution is 0.0724. The number of carbonyl (C=O) groups is 1. The van der Waals surface area contributed by atoms with Crippen molar-refractivity contribution in [2.75, 3.05) is 18.6 Å². The predicted octanol–water partition coefficient (Wildman–Crippen LogP) is 2.46. The average molecular weight is 281 g/mol. The number of nitrogens with one attached hydrogen (secondary N) is 1. The van der Waals surface area contributed by atoms with Gasteiger partial charge in [-0.3, -0.25) is 4.79 Å². The summed E-state index contributed by atoms with van der Waals surface area (Å²) < 4.78 is 0. The van der Waals surface area contributed by atoms with Crippen LogP contribution in [-0.2, 0) is 0 Å². The van der Waals surface area contributed by atoms with Crippen molar-refractivity contribution in [2.24, 2.45) is 0 Å². The maximum Gasteiger partial charge on any atom is 0.251 e. The maximum absolute atomic E-state index is 12.2. The van der Waals surface area contributed by atoms with Crippen molar-refractivity contribution >= 4 is 17.7 Å². The molecule has 1 atom stereocenters. The maximum atomic E-state index is 12.2. The van der Waals surface area contributed by atoms with E-state index in [9.17, 15) is 9.90 Å². The van der Waals surface area contributed by atoms with Gasteiger partial charge in [-0.05, 0) is 45.1 Å². The molecule has 2 N–H and O–H groups in total. The van der Waals surface area contributed by atoms with Gasteiger partial charge in [-0.25, -0.2) is 0 Å². The van der Waals surface area contributed by atoms with Gasteiger partial charge in [0.2, 0.25) is 0 Å². The molecule has 0 bridgehead atoms. The first-order chi connectivity index (χ1) is 8.76. The van der Waals surface area contributed by atoms with E-state index in [1.54, 1.807) is 18.7 Å². The average Bonchev–Trinajstić information content (AvgIpc) is 2.25. The molecule has 0 unspecified atom stereocenters. The molecule has 0 radical (unpaired) electrons. The minimum absolute atomic E-state index is 0.114. The molecule has 0 heterocycles. The van der Waals surface area contributed by atoms with E-state index >= 15 is 0 Å². The van der Waals surface area contributed by atoms with Crippen LogP contribution in [0.2, 0.25) is 0 Å². The first-order valence-corrected chi connectivity index (χ1v) is 7.73. The van der Waals surface area contributed by atoms with Crippen molar-refractivity contribution in [2.45, 2.75) is 33.3 Å². The highest BCUT2D eigenvalue weighted by molar-refractivity contribution is 7.98. The van der Waals surface area contributed by atoms with E-state index in [1.807, 2.05) is 39.2 Å². The highest BCUT2D eigenvalue weighted by atomic mass is 32.2. The van der Waals surface area contributed by atoms with E-state index in [1.165, 1.54) is 0 Å². The Morgan fingerprint density at radius 3 is 2.32 bits per heavy atom. The number of hydrogen-bond acceptors (Lipinski definition) is 3. The quantitative estimate of drug-likeness (QED) is 0.871. The molecule has 1 rings (SSSR count). The third kappa shape index (κ3) is 4.55. The van der Waals surface area contributed by atoms with Crippen LogP contribution in [0, 0.1) is 20.8 Å². The third-order valence-corrected chi connectivity index (χ3v) is 3.90. The van der Waals surface area contributed by atoms with Gasteiger partial charge in [0.25, 0.3) is 5.91 Å². The highest BCUT2D eigenvalue weighted by Crippen LogP contribution is 2.17. The topological polar surface area (TPSA) is 49.3 Å². The molecule has 0 aliphatic carbocycles. The normalized spacial score (nSPS) is 14.0. The molecule has 0 saturated heterocycles. The standard InChI is InChI=1S/C15H23NO2S/c1-10-6-11(2)13(12(3)7-10)14(17)16-8-15(4,18)9-19-5/h6-7,18H,8-9H2,1-5H3,(H,16,17)/t15-/m1/s1. The molecular weight excluding hydrogens is 258 g/mol. The predicted molar refractivity (Wildman–Crippen MR) is 82.0 cm³/mol. The first-order valence-electron chi connectivity index (χ1n) is 6.34. The molecule has 1 aromatic rings. The fourth-order valence-corrected chi connectivity index (χ4v) is 2.98. The SMILES string of the molecule is CSC[C@](C)(O)CNC(=O)c1c(C)cc(C)cc1C. The van der Waals surface area contributed by atoms with Gasteiger partial charge in [-0.2, -0.15) is 11.8 Å². The van der Waals surface area contributed by atoms with Crippen molar-refractivity contribution in [3.63, 3.8) is 0 Å². The molecule has 106 valence electrons. The second kappa shape index (κ2) is 6.44. The fraction of sp³-hybridized carbons (Fsp3) is 0.533. The van der Waals surface area contributed by atoms with Crippen LogP contribution in [0.15, 0.2) is 12.1 Å². The Bertz CT molecular complexity index is 446. The summed E-state index contributed by atoms with van der Waals surface area (Å²) in [6, 6.07) is 4.00. The summed E-state index contributed by atoms with van der Waals surface area (Å²) >= 11 is 1.56. The van der Waals surface area contributed by atoms with Crippen molar-refractivity contribution < 1.29 is 9.90 Å². The van der Waals surface area contributed by atoms with Crippen molar-refractivity contribution in [3.8, 4) is 0 Å². The Hall–Kier alpha value is -1.00. The summed E-state index contributed by atoms with van der Waals surface area (Å²) in [7, 11) is 0. The van der Waals surface area contributed by atoms with E-state index in [0.717, 1.165) is 16.7 Å². The van der Waals surface area contributed by atoms with Crippen LogP contribution in [0.3, 0.4) is 0 Å². The Balaban J connectivity index is 2.80. The number of benzene rings is 1. The zero-order valence-electron chi connectivity index (χ0n) is 12.3. The fourth-order valence-electron chi connectivity index (χ4n) is 2.26. The van der Waals surface area contributed by atoms with Crippen molar-refractivity contribution in [3.05, 3.63) is 34.4 Å². The van der Waals surface area contributed by atoms with Crippen LogP contribution in [0.25, 0.3) is 0 Å². The summed E-state index contributed by atoms with van der Waals surface area (Å²) in [5.41, 5.74) is 2.94. The lowest BCUT2D eigenvalue weighted by Gasteiger charge is -2.23. The van der Waals surface area contributed by atoms with Gasteiger partial charge < -0.3 is 10.4 Å². The zero-order valence-corrected chi connectivity index (χ0v) is 13.1. The minimum atomic E-state index is -0.873. The number of amides is 1. The molecule has 4 heteroatoms. The summed E-state index contributed by atoms with van der Waals surface area (Å²) in [5, 5.41) is 12.9. The minimum Gasteiger partial charge on any atom is -0.387 e. The number of thioether (sulfide) groups is 1. The molecule has 0 aromatic heterocycles. The molecule has 1 amide bonds. The molecule has 0 saturated carbocycles.